The van der Waals surface area contributed by atoms with E-state index in [1.165, 1.54) is 35.9 Å². The maximum Gasteiger partial charge on any atom is 0.270 e. The van der Waals surface area contributed by atoms with Gasteiger partial charge in [-0.05, 0) is 43.4 Å². The highest BCUT2D eigenvalue weighted by molar-refractivity contribution is 7.10. The van der Waals surface area contributed by atoms with E-state index in [1.807, 2.05) is 11.4 Å². The van der Waals surface area contributed by atoms with Crippen LogP contribution in [0.2, 0.25) is 0 Å². The molecule has 126 valence electrons. The van der Waals surface area contributed by atoms with Crippen LogP contribution >= 0.6 is 11.3 Å². The lowest BCUT2D eigenvalue weighted by Crippen LogP contribution is -2.36. The molecule has 1 aromatic heterocycles. The summed E-state index contributed by atoms with van der Waals surface area (Å²) in [6.45, 7) is 2.58. The number of likely N-dealkylation sites (tertiary alicyclic amines) is 1. The number of hydrogen-bond donors (Lipinski definition) is 1. The zero-order valence-electron chi connectivity index (χ0n) is 13.2. The summed E-state index contributed by atoms with van der Waals surface area (Å²) in [4.78, 5) is 26.3. The predicted molar refractivity (Wildman–Crippen MR) is 93.3 cm³/mol. The average Bonchev–Trinajstić information content (AvgIpc) is 3.29. The molecule has 1 aromatic carbocycles. The molecular weight excluding hydrogens is 326 g/mol. The number of thiophene rings is 1. The standard InChI is InChI=1S/C17H19N3O3S/c21-17(13-5-3-6-14(11-13)20(22)23)18-12-15(16-7-4-10-24-16)19-8-1-2-9-19/h3-7,10-11,15H,1-2,8-9,12H2,(H,18,21)/t15-/m1/s1. The van der Waals surface area contributed by atoms with Crippen LogP contribution in [0.25, 0.3) is 0 Å². The SMILES string of the molecule is O=C(NC[C@H](c1cccs1)N1CCCC1)c1cccc([N+](=O)[O-])c1. The molecule has 1 aliphatic heterocycles. The van der Waals surface area contributed by atoms with E-state index < -0.39 is 4.92 Å². The molecule has 7 heteroatoms. The van der Waals surface area contributed by atoms with Gasteiger partial charge in [0.05, 0.1) is 11.0 Å². The quantitative estimate of drug-likeness (QED) is 0.644. The third kappa shape index (κ3) is 3.80. The van der Waals surface area contributed by atoms with Crippen molar-refractivity contribution in [1.82, 2.24) is 10.2 Å². The van der Waals surface area contributed by atoms with Crippen LogP contribution in [0, 0.1) is 10.1 Å². The van der Waals surface area contributed by atoms with Crippen molar-refractivity contribution in [3.8, 4) is 0 Å². The maximum atomic E-state index is 12.4. The smallest absolute Gasteiger partial charge is 0.270 e. The minimum Gasteiger partial charge on any atom is -0.350 e. The van der Waals surface area contributed by atoms with E-state index in [4.69, 9.17) is 0 Å². The van der Waals surface area contributed by atoms with E-state index in [1.54, 1.807) is 17.4 Å². The van der Waals surface area contributed by atoms with Crippen LogP contribution in [0.5, 0.6) is 0 Å². The summed E-state index contributed by atoms with van der Waals surface area (Å²) in [7, 11) is 0. The molecular formula is C17H19N3O3S. The summed E-state index contributed by atoms with van der Waals surface area (Å²) in [5.41, 5.74) is 0.243. The predicted octanol–water partition coefficient (Wildman–Crippen LogP) is 3.22. The van der Waals surface area contributed by atoms with Crippen LogP contribution in [0.3, 0.4) is 0 Å². The first kappa shape index (κ1) is 16.6. The summed E-state index contributed by atoms with van der Waals surface area (Å²) in [6, 6.07) is 10.1. The van der Waals surface area contributed by atoms with Gasteiger partial charge in [0.25, 0.3) is 11.6 Å². The van der Waals surface area contributed by atoms with Crippen LogP contribution in [0.15, 0.2) is 41.8 Å². The molecule has 0 bridgehead atoms. The lowest BCUT2D eigenvalue weighted by atomic mass is 10.1. The van der Waals surface area contributed by atoms with Gasteiger partial charge in [0.1, 0.15) is 0 Å². The van der Waals surface area contributed by atoms with Crippen molar-refractivity contribution in [1.29, 1.82) is 0 Å². The van der Waals surface area contributed by atoms with Crippen molar-refractivity contribution >= 4 is 22.9 Å². The van der Waals surface area contributed by atoms with E-state index in [0.717, 1.165) is 13.1 Å². The summed E-state index contributed by atoms with van der Waals surface area (Å²) in [5.74, 6) is -0.278. The molecule has 0 aliphatic carbocycles. The van der Waals surface area contributed by atoms with Crippen molar-refractivity contribution in [2.75, 3.05) is 19.6 Å². The summed E-state index contributed by atoms with van der Waals surface area (Å²) in [6.07, 6.45) is 2.36. The van der Waals surface area contributed by atoms with Crippen molar-refractivity contribution in [3.05, 3.63) is 62.3 Å². The second kappa shape index (κ2) is 7.55. The molecule has 1 aliphatic rings. The zero-order valence-corrected chi connectivity index (χ0v) is 14.0. The summed E-state index contributed by atoms with van der Waals surface area (Å²) >= 11 is 1.69. The Morgan fingerprint density at radius 3 is 2.75 bits per heavy atom. The van der Waals surface area contributed by atoms with Gasteiger partial charge in [0.15, 0.2) is 0 Å². The zero-order chi connectivity index (χ0) is 16.9. The Bertz CT molecular complexity index is 712. The lowest BCUT2D eigenvalue weighted by Gasteiger charge is -2.26. The molecule has 2 heterocycles. The second-order valence-corrected chi connectivity index (χ2v) is 6.77. The molecule has 2 aromatic rings. The van der Waals surface area contributed by atoms with Crippen molar-refractivity contribution < 1.29 is 9.72 Å². The van der Waals surface area contributed by atoms with Gasteiger partial charge in [-0.2, -0.15) is 0 Å². The molecule has 1 N–H and O–H groups in total. The van der Waals surface area contributed by atoms with Gasteiger partial charge in [-0.15, -0.1) is 11.3 Å². The Hall–Kier alpha value is -2.25. The average molecular weight is 345 g/mol. The molecule has 0 radical (unpaired) electrons. The van der Waals surface area contributed by atoms with Gasteiger partial charge in [-0.3, -0.25) is 19.8 Å². The van der Waals surface area contributed by atoms with Gasteiger partial charge >= 0.3 is 0 Å². The normalized spacial score (nSPS) is 16.0. The highest BCUT2D eigenvalue weighted by Crippen LogP contribution is 2.28. The Morgan fingerprint density at radius 2 is 2.08 bits per heavy atom. The minimum absolute atomic E-state index is 0.0722. The van der Waals surface area contributed by atoms with Crippen LogP contribution < -0.4 is 5.32 Å². The third-order valence-corrected chi connectivity index (χ3v) is 5.20. The molecule has 1 fully saturated rings. The van der Waals surface area contributed by atoms with E-state index in [0.29, 0.717) is 12.1 Å². The number of non-ortho nitro benzene ring substituents is 1. The summed E-state index contributed by atoms with van der Waals surface area (Å²) < 4.78 is 0. The molecule has 3 rings (SSSR count). The summed E-state index contributed by atoms with van der Waals surface area (Å²) in [5, 5.41) is 15.8. The number of rotatable bonds is 6. The van der Waals surface area contributed by atoms with Gasteiger partial charge < -0.3 is 5.32 Å². The fraction of sp³-hybridized carbons (Fsp3) is 0.353. The molecule has 1 atom stereocenters. The van der Waals surface area contributed by atoms with Crippen LogP contribution in [-0.2, 0) is 0 Å². The number of carbonyl (C=O) groups excluding carboxylic acids is 1. The maximum absolute atomic E-state index is 12.4. The number of nitro groups is 1. The van der Waals surface area contributed by atoms with E-state index >= 15 is 0 Å². The van der Waals surface area contributed by atoms with Gasteiger partial charge in [-0.1, -0.05) is 12.1 Å². The topological polar surface area (TPSA) is 75.5 Å². The Kier molecular flexibility index (Phi) is 5.22. The monoisotopic (exact) mass is 345 g/mol. The van der Waals surface area contributed by atoms with Crippen molar-refractivity contribution in [2.24, 2.45) is 0 Å². The first-order chi connectivity index (χ1) is 11.6. The Balaban J connectivity index is 1.69. The first-order valence-corrected chi connectivity index (χ1v) is 8.83. The number of nitrogens with zero attached hydrogens (tertiary/aromatic N) is 2. The van der Waals surface area contributed by atoms with Crippen LogP contribution in [0.1, 0.15) is 34.1 Å². The van der Waals surface area contributed by atoms with Gasteiger partial charge in [-0.25, -0.2) is 0 Å². The Morgan fingerprint density at radius 1 is 1.29 bits per heavy atom. The molecule has 24 heavy (non-hydrogen) atoms. The van der Waals surface area contributed by atoms with E-state index in [-0.39, 0.29) is 17.6 Å². The highest BCUT2D eigenvalue weighted by atomic mass is 32.1. The Labute approximate surface area is 144 Å². The number of nitro benzene ring substituents is 1. The lowest BCUT2D eigenvalue weighted by molar-refractivity contribution is -0.384. The van der Waals surface area contributed by atoms with Crippen LogP contribution in [0.4, 0.5) is 5.69 Å². The van der Waals surface area contributed by atoms with Crippen LogP contribution in [-0.4, -0.2) is 35.4 Å². The highest BCUT2D eigenvalue weighted by Gasteiger charge is 2.25. The number of nitrogens with one attached hydrogen (secondary N) is 1. The third-order valence-electron chi connectivity index (χ3n) is 4.23. The first-order valence-electron chi connectivity index (χ1n) is 7.95. The largest absolute Gasteiger partial charge is 0.350 e. The van der Waals surface area contributed by atoms with Crippen molar-refractivity contribution in [3.63, 3.8) is 0 Å². The molecule has 6 nitrogen and oxygen atoms in total. The molecule has 1 amide bonds. The second-order valence-electron chi connectivity index (χ2n) is 5.79. The minimum atomic E-state index is -0.491. The molecule has 0 saturated carbocycles. The van der Waals surface area contributed by atoms with Gasteiger partial charge in [0.2, 0.25) is 0 Å². The number of benzene rings is 1. The molecule has 1 saturated heterocycles. The number of amides is 1. The van der Waals surface area contributed by atoms with Gasteiger partial charge in [0, 0.05) is 29.1 Å². The van der Waals surface area contributed by atoms with E-state index in [9.17, 15) is 14.9 Å². The van der Waals surface area contributed by atoms with Crippen molar-refractivity contribution in [2.45, 2.75) is 18.9 Å². The number of carbonyl (C=O) groups is 1. The molecule has 0 unspecified atom stereocenters. The number of hydrogen-bond acceptors (Lipinski definition) is 5. The fourth-order valence-corrected chi connectivity index (χ4v) is 3.86. The van der Waals surface area contributed by atoms with E-state index in [2.05, 4.69) is 16.3 Å². The fourth-order valence-electron chi connectivity index (χ4n) is 3.00. The molecule has 0 spiro atoms.